The third-order valence-electron chi connectivity index (χ3n) is 4.07. The molecule has 4 rings (SSSR count). The molecule has 1 aliphatic heterocycles. The molecule has 0 spiro atoms. The summed E-state index contributed by atoms with van der Waals surface area (Å²) in [5.41, 5.74) is 11.8. The zero-order chi connectivity index (χ0) is 18.1. The van der Waals surface area contributed by atoms with E-state index in [-0.39, 0.29) is 5.91 Å². The number of carbonyl (C=O) groups is 1. The maximum absolute atomic E-state index is 11.3. The summed E-state index contributed by atoms with van der Waals surface area (Å²) in [5, 5.41) is 9.46. The van der Waals surface area contributed by atoms with Gasteiger partial charge in [-0.15, -0.1) is 0 Å². The van der Waals surface area contributed by atoms with Crippen molar-refractivity contribution in [3.05, 3.63) is 53.8 Å². The average molecular weight is 367 g/mol. The average Bonchev–Trinajstić information content (AvgIpc) is 3.08. The summed E-state index contributed by atoms with van der Waals surface area (Å²) in [5.74, 6) is 1.01. The molecule has 0 bridgehead atoms. The van der Waals surface area contributed by atoms with Gasteiger partial charge < -0.3 is 5.73 Å². The van der Waals surface area contributed by atoms with Gasteiger partial charge in [-0.05, 0) is 29.8 Å². The third kappa shape index (κ3) is 3.16. The quantitative estimate of drug-likeness (QED) is 0.728. The van der Waals surface area contributed by atoms with Crippen LogP contribution in [-0.4, -0.2) is 26.5 Å². The van der Waals surface area contributed by atoms with Crippen molar-refractivity contribution in [2.75, 3.05) is 5.73 Å². The molecular formula is C18H15ClN6O. The lowest BCUT2D eigenvalue weighted by Crippen LogP contribution is -2.29. The summed E-state index contributed by atoms with van der Waals surface area (Å²) in [6, 6.07) is 11.1. The highest BCUT2D eigenvalue weighted by Crippen LogP contribution is 2.32. The Morgan fingerprint density at radius 3 is 2.62 bits per heavy atom. The predicted octanol–water partition coefficient (Wildman–Crippen LogP) is 2.92. The minimum atomic E-state index is -0.0963. The summed E-state index contributed by atoms with van der Waals surface area (Å²) in [4.78, 5) is 15.4. The first kappa shape index (κ1) is 16.3. The van der Waals surface area contributed by atoms with E-state index < -0.39 is 0 Å². The molecular weight excluding hydrogens is 352 g/mol. The number of hydrogen-bond donors (Lipinski definition) is 2. The molecule has 1 aromatic carbocycles. The highest BCUT2D eigenvalue weighted by atomic mass is 35.5. The highest BCUT2D eigenvalue weighted by Gasteiger charge is 2.19. The SMILES string of the molecule is Nc1cc(-c2cn(C3=NNC(=O)CC3)nc2-c2ccc(Cl)cc2)ccn1. The van der Waals surface area contributed by atoms with E-state index in [0.717, 1.165) is 22.4 Å². The van der Waals surface area contributed by atoms with Crippen LogP contribution in [0.3, 0.4) is 0 Å². The van der Waals surface area contributed by atoms with Gasteiger partial charge in [-0.2, -0.15) is 10.2 Å². The summed E-state index contributed by atoms with van der Waals surface area (Å²) in [6.07, 6.45) is 4.44. The number of aromatic nitrogens is 3. The number of nitrogens with two attached hydrogens (primary N) is 1. The van der Waals surface area contributed by atoms with Crippen LogP contribution >= 0.6 is 11.6 Å². The Balaban J connectivity index is 1.85. The molecule has 0 saturated heterocycles. The second kappa shape index (κ2) is 6.61. The van der Waals surface area contributed by atoms with Gasteiger partial charge >= 0.3 is 0 Å². The minimum absolute atomic E-state index is 0.0963. The number of benzene rings is 1. The summed E-state index contributed by atoms with van der Waals surface area (Å²) >= 11 is 6.01. The fourth-order valence-electron chi connectivity index (χ4n) is 2.78. The minimum Gasteiger partial charge on any atom is -0.384 e. The van der Waals surface area contributed by atoms with Crippen molar-refractivity contribution in [2.24, 2.45) is 5.10 Å². The first-order chi connectivity index (χ1) is 12.6. The first-order valence-corrected chi connectivity index (χ1v) is 8.41. The van der Waals surface area contributed by atoms with E-state index in [4.69, 9.17) is 22.4 Å². The van der Waals surface area contributed by atoms with Crippen LogP contribution in [0.5, 0.6) is 0 Å². The number of anilines is 1. The number of hydrogen-bond acceptors (Lipinski definition) is 5. The Morgan fingerprint density at radius 1 is 1.12 bits per heavy atom. The molecule has 1 aliphatic rings. The second-order valence-corrected chi connectivity index (χ2v) is 6.31. The largest absolute Gasteiger partial charge is 0.384 e. The molecule has 7 nitrogen and oxygen atoms in total. The number of nitrogens with one attached hydrogen (secondary N) is 1. The van der Waals surface area contributed by atoms with Crippen LogP contribution in [0, 0.1) is 0 Å². The number of halogens is 1. The van der Waals surface area contributed by atoms with Crippen molar-refractivity contribution in [1.29, 1.82) is 0 Å². The molecule has 0 unspecified atom stereocenters. The molecule has 3 aromatic rings. The molecule has 0 fully saturated rings. The summed E-state index contributed by atoms with van der Waals surface area (Å²) < 4.78 is 1.69. The van der Waals surface area contributed by atoms with Crippen LogP contribution in [0.2, 0.25) is 5.02 Å². The van der Waals surface area contributed by atoms with Gasteiger partial charge in [0.1, 0.15) is 11.5 Å². The van der Waals surface area contributed by atoms with Gasteiger partial charge in [0.15, 0.2) is 5.84 Å². The Bertz CT molecular complexity index is 1010. The molecule has 0 atom stereocenters. The van der Waals surface area contributed by atoms with Crippen LogP contribution in [0.1, 0.15) is 12.8 Å². The molecule has 3 heterocycles. The standard InChI is InChI=1S/C18H15ClN6O/c19-13-3-1-11(2-4-13)18-14(12-7-8-21-15(20)9-12)10-25(24-18)16-5-6-17(26)23-22-16/h1-4,7-10H,5-6H2,(H2,20,21)(H,23,26). The van der Waals surface area contributed by atoms with Crippen molar-refractivity contribution in [3.63, 3.8) is 0 Å². The van der Waals surface area contributed by atoms with Gasteiger partial charge in [-0.3, -0.25) is 4.79 Å². The Kier molecular flexibility index (Phi) is 4.14. The number of hydrazone groups is 1. The number of nitrogen functional groups attached to an aromatic ring is 1. The van der Waals surface area contributed by atoms with Crippen LogP contribution in [-0.2, 0) is 4.79 Å². The number of pyridine rings is 1. The van der Waals surface area contributed by atoms with Crippen molar-refractivity contribution < 1.29 is 4.79 Å². The van der Waals surface area contributed by atoms with Crippen LogP contribution in [0.4, 0.5) is 5.82 Å². The Morgan fingerprint density at radius 2 is 1.92 bits per heavy atom. The van der Waals surface area contributed by atoms with Crippen LogP contribution < -0.4 is 11.2 Å². The molecule has 1 amide bonds. The summed E-state index contributed by atoms with van der Waals surface area (Å²) in [7, 11) is 0. The lowest BCUT2D eigenvalue weighted by atomic mass is 10.0. The van der Waals surface area contributed by atoms with E-state index >= 15 is 0 Å². The van der Waals surface area contributed by atoms with Gasteiger partial charge in [0.05, 0.1) is 0 Å². The van der Waals surface area contributed by atoms with Crippen LogP contribution in [0.15, 0.2) is 53.9 Å². The maximum atomic E-state index is 11.3. The molecule has 26 heavy (non-hydrogen) atoms. The summed E-state index contributed by atoms with van der Waals surface area (Å²) in [6.45, 7) is 0. The Hall–Kier alpha value is -3.19. The van der Waals surface area contributed by atoms with Gasteiger partial charge in [0.25, 0.3) is 0 Å². The molecule has 8 heteroatoms. The van der Waals surface area contributed by atoms with E-state index in [1.165, 1.54) is 0 Å². The molecule has 0 aliphatic carbocycles. The van der Waals surface area contributed by atoms with E-state index in [1.54, 1.807) is 16.9 Å². The normalized spacial score (nSPS) is 14.0. The fraction of sp³-hybridized carbons (Fsp3) is 0.111. The number of carbonyl (C=O) groups excluding carboxylic acids is 1. The smallest absolute Gasteiger partial charge is 0.240 e. The zero-order valence-corrected chi connectivity index (χ0v) is 14.4. The maximum Gasteiger partial charge on any atom is 0.240 e. The van der Waals surface area contributed by atoms with Gasteiger partial charge in [-0.1, -0.05) is 23.7 Å². The monoisotopic (exact) mass is 366 g/mol. The second-order valence-electron chi connectivity index (χ2n) is 5.88. The molecule has 0 radical (unpaired) electrons. The molecule has 2 aromatic heterocycles. The van der Waals surface area contributed by atoms with E-state index in [9.17, 15) is 4.79 Å². The van der Waals surface area contributed by atoms with Crippen LogP contribution in [0.25, 0.3) is 22.4 Å². The topological polar surface area (TPSA) is 98.2 Å². The first-order valence-electron chi connectivity index (χ1n) is 8.03. The van der Waals surface area contributed by atoms with Crippen molar-refractivity contribution in [2.45, 2.75) is 12.8 Å². The predicted molar refractivity (Wildman–Crippen MR) is 101 cm³/mol. The highest BCUT2D eigenvalue weighted by molar-refractivity contribution is 6.30. The van der Waals surface area contributed by atoms with E-state index in [1.807, 2.05) is 36.5 Å². The molecule has 3 N–H and O–H groups in total. The van der Waals surface area contributed by atoms with E-state index in [2.05, 4.69) is 15.5 Å². The van der Waals surface area contributed by atoms with Gasteiger partial charge in [0, 0.05) is 41.4 Å². The zero-order valence-electron chi connectivity index (χ0n) is 13.7. The van der Waals surface area contributed by atoms with Gasteiger partial charge in [-0.25, -0.2) is 15.1 Å². The van der Waals surface area contributed by atoms with Crippen molar-refractivity contribution in [1.82, 2.24) is 20.2 Å². The third-order valence-corrected chi connectivity index (χ3v) is 4.33. The molecule has 130 valence electrons. The molecule has 0 saturated carbocycles. The Labute approximate surface area is 154 Å². The van der Waals surface area contributed by atoms with Crippen molar-refractivity contribution in [3.8, 4) is 22.4 Å². The number of rotatable bonds is 2. The lowest BCUT2D eigenvalue weighted by molar-refractivity contribution is -0.121. The fourth-order valence-corrected chi connectivity index (χ4v) is 2.91. The number of amides is 1. The van der Waals surface area contributed by atoms with Crippen molar-refractivity contribution >= 4 is 29.2 Å². The van der Waals surface area contributed by atoms with Gasteiger partial charge in [0.2, 0.25) is 5.91 Å². The lowest BCUT2D eigenvalue weighted by Gasteiger charge is -2.11. The van der Waals surface area contributed by atoms with E-state index in [0.29, 0.717) is 29.5 Å². The number of nitrogens with zero attached hydrogens (tertiary/aromatic N) is 4.